The fourth-order valence-electron chi connectivity index (χ4n) is 0.115. The zero-order chi connectivity index (χ0) is 14.5. The molecule has 0 aromatic rings. The predicted molar refractivity (Wildman–Crippen MR) is 50.2 cm³/mol. The van der Waals surface area contributed by atoms with Crippen molar-refractivity contribution in [3.8, 4) is 0 Å². The molecule has 0 aliphatic heterocycles. The molecule has 0 saturated carbocycles. The van der Waals surface area contributed by atoms with Gasteiger partial charge in [-0.1, -0.05) is 0 Å². The number of phosphoric acid groups is 1. The van der Waals surface area contributed by atoms with Gasteiger partial charge in [0.1, 0.15) is 12.2 Å². The average molecular weight is 326 g/mol. The van der Waals surface area contributed by atoms with Gasteiger partial charge in [0.05, 0.1) is 34.3 Å². The molecule has 7 N–H and O–H groups in total. The Labute approximate surface area is 154 Å². The number of rotatable bonds is 4. The molecule has 0 aliphatic rings. The van der Waals surface area contributed by atoms with Gasteiger partial charge in [-0.25, -0.2) is 0 Å². The van der Waals surface area contributed by atoms with Crippen molar-refractivity contribution in [3.63, 3.8) is 0 Å². The monoisotopic (exact) mass is 326 g/mol. The first-order valence-corrected chi connectivity index (χ1v) is 5.66. The van der Waals surface area contributed by atoms with E-state index >= 15 is 0 Å². The second kappa shape index (κ2) is 22.2. The van der Waals surface area contributed by atoms with Crippen molar-refractivity contribution < 1.29 is 109 Å². The largest absolute Gasteiger partial charge is 1.00 e. The first-order chi connectivity index (χ1) is 7.62. The molecule has 0 spiro atoms. The Bertz CT molecular complexity index is 165. The zero-order valence-electron chi connectivity index (χ0n) is 10.8. The van der Waals surface area contributed by atoms with E-state index in [4.69, 9.17) is 49.9 Å². The molecule has 0 bridgehead atoms. The van der Waals surface area contributed by atoms with E-state index in [2.05, 4.69) is 0 Å². The molecule has 0 radical (unpaired) electrons. The van der Waals surface area contributed by atoms with Crippen LogP contribution in [0.3, 0.4) is 0 Å². The first kappa shape index (κ1) is 32.7. The minimum atomic E-state index is -5.14. The standard InChI is InChI=1S/2C3H8O3.2Na.H3O4P/c2*4-1-3(6)2-5;;;1-5(2,3)4/h2*3-6H,1-2H2;;;(H3,1,2,3,4)/q;;2*+1;/p-2. The fraction of sp³-hybridized carbons (Fsp3) is 1.00. The summed E-state index contributed by atoms with van der Waals surface area (Å²) in [6.45, 7) is -1.46. The van der Waals surface area contributed by atoms with Crippen LogP contribution in [0.15, 0.2) is 0 Å². The zero-order valence-corrected chi connectivity index (χ0v) is 15.7. The molecule has 19 heavy (non-hydrogen) atoms. The molecular formula is C6H17Na2O10P. The third-order valence-corrected chi connectivity index (χ3v) is 0.843. The molecule has 0 atom stereocenters. The number of hydrogen-bond donors (Lipinski definition) is 7. The summed E-state index contributed by atoms with van der Waals surface area (Å²) in [6.07, 6.45) is -1.91. The maximum absolute atomic E-state index is 8.66. The van der Waals surface area contributed by atoms with E-state index < -0.39 is 20.0 Å². The SMILES string of the molecule is O=P([O-])([O-])O.OCC(O)CO.OCC(O)CO.[Na+].[Na+]. The molecule has 0 heterocycles. The summed E-state index contributed by atoms with van der Waals surface area (Å²) in [6, 6.07) is 0. The van der Waals surface area contributed by atoms with Gasteiger partial charge in [-0.2, -0.15) is 0 Å². The maximum atomic E-state index is 8.66. The van der Waals surface area contributed by atoms with Crippen LogP contribution < -0.4 is 68.9 Å². The van der Waals surface area contributed by atoms with Crippen LogP contribution in [0, 0.1) is 0 Å². The Balaban J connectivity index is -0.0000000492. The van der Waals surface area contributed by atoms with Crippen LogP contribution in [0.1, 0.15) is 0 Å². The van der Waals surface area contributed by atoms with Crippen molar-refractivity contribution >= 4 is 7.82 Å². The molecule has 0 aromatic heterocycles. The number of hydrogen-bond acceptors (Lipinski definition) is 9. The molecule has 10 nitrogen and oxygen atoms in total. The maximum Gasteiger partial charge on any atom is 1.00 e. The second-order valence-corrected chi connectivity index (χ2v) is 3.44. The van der Waals surface area contributed by atoms with E-state index in [1.54, 1.807) is 0 Å². The molecule has 0 amide bonds. The topological polar surface area (TPSA) is 205 Å². The van der Waals surface area contributed by atoms with E-state index in [9.17, 15) is 0 Å². The second-order valence-electron chi connectivity index (χ2n) is 2.51. The van der Waals surface area contributed by atoms with E-state index in [0.717, 1.165) is 0 Å². The fourth-order valence-corrected chi connectivity index (χ4v) is 0.115. The number of aliphatic hydroxyl groups is 6. The van der Waals surface area contributed by atoms with Crippen molar-refractivity contribution in [2.45, 2.75) is 12.2 Å². The van der Waals surface area contributed by atoms with E-state index in [1.807, 2.05) is 0 Å². The average Bonchev–Trinajstić information content (AvgIpc) is 2.25. The summed E-state index contributed by atoms with van der Waals surface area (Å²) in [4.78, 5) is 24.3. The van der Waals surface area contributed by atoms with Gasteiger partial charge >= 0.3 is 59.1 Å². The summed E-state index contributed by atoms with van der Waals surface area (Å²) in [5.74, 6) is 0. The molecule has 13 heteroatoms. The molecular weight excluding hydrogens is 309 g/mol. The Hall–Kier alpha value is 1.87. The van der Waals surface area contributed by atoms with Crippen molar-refractivity contribution in [1.29, 1.82) is 0 Å². The Morgan fingerprint density at radius 3 is 0.895 bits per heavy atom. The van der Waals surface area contributed by atoms with Crippen LogP contribution in [0.2, 0.25) is 0 Å². The van der Waals surface area contributed by atoms with Gasteiger partial charge in [0.15, 0.2) is 0 Å². The van der Waals surface area contributed by atoms with Gasteiger partial charge in [-0.05, 0) is 0 Å². The van der Waals surface area contributed by atoms with Gasteiger partial charge in [0.25, 0.3) is 0 Å². The Kier molecular flexibility index (Phi) is 38.2. The van der Waals surface area contributed by atoms with E-state index in [0.29, 0.717) is 0 Å². The molecule has 0 saturated heterocycles. The van der Waals surface area contributed by atoms with Crippen molar-refractivity contribution in [2.24, 2.45) is 0 Å². The molecule has 0 unspecified atom stereocenters. The molecule has 108 valence electrons. The van der Waals surface area contributed by atoms with Gasteiger partial charge in [-0.3, -0.25) is 0 Å². The summed E-state index contributed by atoms with van der Waals surface area (Å²) in [5, 5.41) is 48.0. The van der Waals surface area contributed by atoms with Crippen LogP contribution in [-0.4, -0.2) is 74.2 Å². The molecule has 0 rings (SSSR count). The summed E-state index contributed by atoms with van der Waals surface area (Å²) in [5.41, 5.74) is 0. The summed E-state index contributed by atoms with van der Waals surface area (Å²) >= 11 is 0. The van der Waals surface area contributed by atoms with Gasteiger partial charge in [-0.15, -0.1) is 0 Å². The Morgan fingerprint density at radius 2 is 0.895 bits per heavy atom. The van der Waals surface area contributed by atoms with E-state index in [-0.39, 0.29) is 85.5 Å². The first-order valence-electron chi connectivity index (χ1n) is 4.16. The minimum absolute atomic E-state index is 0. The van der Waals surface area contributed by atoms with Gasteiger partial charge in [0, 0.05) is 0 Å². The summed E-state index contributed by atoms with van der Waals surface area (Å²) < 4.78 is 8.66. The van der Waals surface area contributed by atoms with Crippen molar-refractivity contribution in [3.05, 3.63) is 0 Å². The quantitative estimate of drug-likeness (QED) is 0.192. The van der Waals surface area contributed by atoms with Crippen molar-refractivity contribution in [2.75, 3.05) is 26.4 Å². The van der Waals surface area contributed by atoms with Crippen LogP contribution in [0.5, 0.6) is 0 Å². The number of aliphatic hydroxyl groups excluding tert-OH is 6. The molecule has 0 aromatic carbocycles. The van der Waals surface area contributed by atoms with Crippen molar-refractivity contribution in [1.82, 2.24) is 0 Å². The van der Waals surface area contributed by atoms with Gasteiger partial charge < -0.3 is 49.9 Å². The van der Waals surface area contributed by atoms with Crippen LogP contribution in [0.4, 0.5) is 0 Å². The summed E-state index contributed by atoms with van der Waals surface area (Å²) in [7, 11) is -5.14. The predicted octanol–water partition coefficient (Wildman–Crippen LogP) is -11.5. The molecule has 0 aliphatic carbocycles. The van der Waals surface area contributed by atoms with Gasteiger partial charge in [0.2, 0.25) is 0 Å². The third kappa shape index (κ3) is 65.1. The van der Waals surface area contributed by atoms with E-state index in [1.165, 1.54) is 0 Å². The van der Waals surface area contributed by atoms with Crippen LogP contribution >= 0.6 is 7.82 Å². The minimum Gasteiger partial charge on any atom is -0.790 e. The smallest absolute Gasteiger partial charge is 0.790 e. The van der Waals surface area contributed by atoms with Crippen LogP contribution in [-0.2, 0) is 4.57 Å². The van der Waals surface area contributed by atoms with Crippen LogP contribution in [0.25, 0.3) is 0 Å². The third-order valence-electron chi connectivity index (χ3n) is 0.843. The molecule has 0 fully saturated rings. The Morgan fingerprint density at radius 1 is 0.789 bits per heavy atom. The normalized spacial score (nSPS) is 9.42.